The predicted octanol–water partition coefficient (Wildman–Crippen LogP) is -0.805. The van der Waals surface area contributed by atoms with Gasteiger partial charge in [-0.1, -0.05) is 22.6 Å². The van der Waals surface area contributed by atoms with E-state index in [1.165, 1.54) is 6.20 Å². The molecule has 0 aromatic carbocycles. The van der Waals surface area contributed by atoms with Crippen molar-refractivity contribution in [3.63, 3.8) is 0 Å². The molecule has 2 rings (SSSR count). The van der Waals surface area contributed by atoms with Gasteiger partial charge >= 0.3 is 5.69 Å². The van der Waals surface area contributed by atoms with Crippen molar-refractivity contribution in [2.24, 2.45) is 0 Å². The molecular formula is C9H10I2N2O5. The quantitative estimate of drug-likeness (QED) is 0.380. The molecule has 100 valence electrons. The van der Waals surface area contributed by atoms with E-state index >= 15 is 0 Å². The molecule has 1 aromatic heterocycles. The molecule has 2 heterocycles. The Morgan fingerprint density at radius 3 is 2.72 bits per heavy atom. The van der Waals surface area contributed by atoms with Crippen molar-refractivity contribution in [3.05, 3.63) is 30.6 Å². The molecule has 3 N–H and O–H groups in total. The molecule has 18 heavy (non-hydrogen) atoms. The highest BCUT2D eigenvalue weighted by molar-refractivity contribution is 14.1. The van der Waals surface area contributed by atoms with E-state index in [9.17, 15) is 14.7 Å². The number of aliphatic hydroxyl groups excluding tert-OH is 2. The maximum Gasteiger partial charge on any atom is 0.330 e. The molecule has 0 amide bonds. The summed E-state index contributed by atoms with van der Waals surface area (Å²) in [6.07, 6.45) is -1.04. The maximum absolute atomic E-state index is 11.7. The minimum Gasteiger partial charge on any atom is -0.394 e. The van der Waals surface area contributed by atoms with Crippen molar-refractivity contribution in [1.82, 2.24) is 9.55 Å². The van der Waals surface area contributed by atoms with Crippen molar-refractivity contribution in [1.29, 1.82) is 0 Å². The first-order valence-corrected chi connectivity index (χ1v) is 7.37. The highest BCUT2D eigenvalue weighted by atomic mass is 127. The van der Waals surface area contributed by atoms with Crippen LogP contribution in [0, 0.1) is 3.57 Å². The second kappa shape index (κ2) is 5.56. The van der Waals surface area contributed by atoms with Crippen molar-refractivity contribution in [2.75, 3.05) is 6.61 Å². The Morgan fingerprint density at radius 2 is 2.17 bits per heavy atom. The van der Waals surface area contributed by atoms with E-state index in [-0.39, 0.29) is 10.5 Å². The third-order valence-corrected chi connectivity index (χ3v) is 4.97. The number of rotatable bonds is 2. The Labute approximate surface area is 128 Å². The predicted molar refractivity (Wildman–Crippen MR) is 78.9 cm³/mol. The zero-order valence-corrected chi connectivity index (χ0v) is 13.2. The zero-order valence-electron chi connectivity index (χ0n) is 8.92. The van der Waals surface area contributed by atoms with E-state index < -0.39 is 29.7 Å². The molecule has 1 aromatic rings. The second-order valence-corrected chi connectivity index (χ2v) is 6.43. The van der Waals surface area contributed by atoms with Gasteiger partial charge in [-0.2, -0.15) is 0 Å². The highest BCUT2D eigenvalue weighted by Gasteiger charge is 2.43. The lowest BCUT2D eigenvalue weighted by atomic mass is 10.2. The van der Waals surface area contributed by atoms with Gasteiger partial charge in [-0.25, -0.2) is 4.79 Å². The Hall–Kier alpha value is 0.0200. The zero-order chi connectivity index (χ0) is 13.4. The molecular weight excluding hydrogens is 470 g/mol. The Bertz CT molecular complexity index is 557. The van der Waals surface area contributed by atoms with Crippen molar-refractivity contribution < 1.29 is 14.9 Å². The van der Waals surface area contributed by atoms with Crippen LogP contribution >= 0.6 is 45.2 Å². The van der Waals surface area contributed by atoms with Crippen LogP contribution < -0.4 is 11.2 Å². The summed E-state index contributed by atoms with van der Waals surface area (Å²) in [5.74, 6) is 0. The molecule has 0 spiro atoms. The van der Waals surface area contributed by atoms with Crippen molar-refractivity contribution in [2.45, 2.75) is 22.4 Å². The fraction of sp³-hybridized carbons (Fsp3) is 0.556. The summed E-state index contributed by atoms with van der Waals surface area (Å²) in [5, 5.41) is 19.1. The first kappa shape index (κ1) is 14.4. The van der Waals surface area contributed by atoms with E-state index in [1.807, 2.05) is 22.6 Å². The summed E-state index contributed by atoms with van der Waals surface area (Å²) in [7, 11) is 0. The van der Waals surface area contributed by atoms with Gasteiger partial charge in [0, 0.05) is 6.20 Å². The van der Waals surface area contributed by atoms with Crippen LogP contribution in [0.25, 0.3) is 0 Å². The minimum atomic E-state index is -0.929. The number of aliphatic hydroxyl groups is 2. The molecule has 1 aliphatic rings. The van der Waals surface area contributed by atoms with Gasteiger partial charge in [0.25, 0.3) is 5.56 Å². The summed E-state index contributed by atoms with van der Waals surface area (Å²) in [5.41, 5.74) is -1.12. The number of H-pyrrole nitrogens is 1. The number of alkyl halides is 1. The normalized spacial score (nSPS) is 31.8. The lowest BCUT2D eigenvalue weighted by Crippen LogP contribution is -2.37. The summed E-state index contributed by atoms with van der Waals surface area (Å²) in [6.45, 7) is -0.240. The van der Waals surface area contributed by atoms with Crippen molar-refractivity contribution >= 4 is 45.2 Å². The fourth-order valence-electron chi connectivity index (χ4n) is 1.74. The standard InChI is InChI=1S/C9H10I2N2O5/c10-3-1-13(9(17)12-7(3)16)8-6(15)5(11)4(2-14)18-8/h1,4-6,8,14-15H,2H2,(H,12,16,17)/t4-,5-,6-,8-/m1/s1. The van der Waals surface area contributed by atoms with Gasteiger partial charge in [0.15, 0.2) is 6.23 Å². The van der Waals surface area contributed by atoms with Crippen LogP contribution in [0.15, 0.2) is 15.8 Å². The molecule has 1 aliphatic heterocycles. The average molecular weight is 480 g/mol. The van der Waals surface area contributed by atoms with Gasteiger partial charge in [0.1, 0.15) is 6.10 Å². The van der Waals surface area contributed by atoms with Crippen LogP contribution in [0.1, 0.15) is 6.23 Å². The Kier molecular flexibility index (Phi) is 4.46. The third-order valence-electron chi connectivity index (χ3n) is 2.67. The largest absolute Gasteiger partial charge is 0.394 e. The van der Waals surface area contributed by atoms with Crippen LogP contribution in [-0.4, -0.2) is 42.5 Å². The number of nitrogens with zero attached hydrogens (tertiary/aromatic N) is 1. The van der Waals surface area contributed by atoms with E-state index in [1.54, 1.807) is 22.6 Å². The lowest BCUT2D eigenvalue weighted by molar-refractivity contribution is -0.0531. The molecule has 7 nitrogen and oxygen atoms in total. The number of hydrogen-bond donors (Lipinski definition) is 3. The van der Waals surface area contributed by atoms with Crippen LogP contribution in [0.3, 0.4) is 0 Å². The van der Waals surface area contributed by atoms with Crippen molar-refractivity contribution in [3.8, 4) is 0 Å². The number of ether oxygens (including phenoxy) is 1. The van der Waals surface area contributed by atoms with Gasteiger partial charge in [-0.15, -0.1) is 0 Å². The van der Waals surface area contributed by atoms with Gasteiger partial charge in [0.05, 0.1) is 20.2 Å². The number of halogens is 2. The van der Waals surface area contributed by atoms with E-state index in [0.29, 0.717) is 3.57 Å². The summed E-state index contributed by atoms with van der Waals surface area (Å²) >= 11 is 3.75. The lowest BCUT2D eigenvalue weighted by Gasteiger charge is -2.17. The van der Waals surface area contributed by atoms with Gasteiger partial charge in [-0.05, 0) is 22.6 Å². The molecule has 0 unspecified atom stereocenters. The Balaban J connectivity index is 2.42. The molecule has 0 aliphatic carbocycles. The number of nitrogens with one attached hydrogen (secondary N) is 1. The number of hydrogen-bond acceptors (Lipinski definition) is 5. The molecule has 4 atom stereocenters. The molecule has 0 bridgehead atoms. The third kappa shape index (κ3) is 2.50. The van der Waals surface area contributed by atoms with Crippen LogP contribution in [0.5, 0.6) is 0 Å². The van der Waals surface area contributed by atoms with Gasteiger partial charge in [0.2, 0.25) is 0 Å². The van der Waals surface area contributed by atoms with Crippen LogP contribution in [0.2, 0.25) is 0 Å². The molecule has 1 fully saturated rings. The van der Waals surface area contributed by atoms with E-state index in [0.717, 1.165) is 4.57 Å². The summed E-state index contributed by atoms with van der Waals surface area (Å²) in [4.78, 5) is 25.1. The first-order chi connectivity index (χ1) is 8.45. The molecule has 0 saturated carbocycles. The summed E-state index contributed by atoms with van der Waals surface area (Å²) < 4.78 is 6.56. The minimum absolute atomic E-state index is 0.240. The monoisotopic (exact) mass is 480 g/mol. The van der Waals surface area contributed by atoms with Gasteiger partial charge in [-0.3, -0.25) is 14.3 Å². The molecule has 9 heteroatoms. The van der Waals surface area contributed by atoms with E-state index in [2.05, 4.69) is 4.98 Å². The van der Waals surface area contributed by atoms with Crippen LogP contribution in [-0.2, 0) is 4.74 Å². The second-order valence-electron chi connectivity index (χ2n) is 3.83. The Morgan fingerprint density at radius 1 is 1.50 bits per heavy atom. The van der Waals surface area contributed by atoms with Crippen LogP contribution in [0.4, 0.5) is 0 Å². The SMILES string of the molecule is O=c1[nH]c(=O)n([C@@H]2O[C@H](CO)[C@@H](I)[C@H]2O)cc1I. The van der Waals surface area contributed by atoms with Gasteiger partial charge < -0.3 is 14.9 Å². The smallest absolute Gasteiger partial charge is 0.330 e. The number of aromatic nitrogens is 2. The molecule has 1 saturated heterocycles. The maximum atomic E-state index is 11.7. The highest BCUT2D eigenvalue weighted by Crippen LogP contribution is 2.33. The molecule has 0 radical (unpaired) electrons. The average Bonchev–Trinajstić information content (AvgIpc) is 2.61. The topological polar surface area (TPSA) is 105 Å². The summed E-state index contributed by atoms with van der Waals surface area (Å²) in [6, 6.07) is 0. The first-order valence-electron chi connectivity index (χ1n) is 5.05. The fourth-order valence-corrected chi connectivity index (χ4v) is 2.92. The number of aromatic amines is 1. The van der Waals surface area contributed by atoms with E-state index in [4.69, 9.17) is 9.84 Å².